The fourth-order valence-electron chi connectivity index (χ4n) is 2.60. The highest BCUT2D eigenvalue weighted by atomic mass is 32.2. The summed E-state index contributed by atoms with van der Waals surface area (Å²) >= 11 is 1.20. The summed E-state index contributed by atoms with van der Waals surface area (Å²) < 4.78 is 16.0. The van der Waals surface area contributed by atoms with Gasteiger partial charge in [0.25, 0.3) is 5.24 Å². The Morgan fingerprint density at radius 2 is 2.25 bits per heavy atom. The number of thioether (sulfide) groups is 1. The zero-order chi connectivity index (χ0) is 17.1. The van der Waals surface area contributed by atoms with Crippen LogP contribution in [-0.4, -0.2) is 44.4 Å². The Morgan fingerprint density at radius 1 is 1.46 bits per heavy atom. The Kier molecular flexibility index (Phi) is 4.84. The van der Waals surface area contributed by atoms with E-state index in [-0.39, 0.29) is 17.7 Å². The Morgan fingerprint density at radius 3 is 2.88 bits per heavy atom. The molecule has 1 aromatic heterocycles. The van der Waals surface area contributed by atoms with Gasteiger partial charge in [0, 0.05) is 37.3 Å². The van der Waals surface area contributed by atoms with E-state index in [1.165, 1.54) is 22.7 Å². The fraction of sp³-hybridized carbons (Fsp3) is 0.312. The highest BCUT2D eigenvalue weighted by Crippen LogP contribution is 2.23. The van der Waals surface area contributed by atoms with Crippen LogP contribution in [0.3, 0.4) is 0 Å². The molecular weight excluding hydrogens is 331 g/mol. The smallest absolute Gasteiger partial charge is 0.282 e. The first-order chi connectivity index (χ1) is 11.6. The lowest BCUT2D eigenvalue weighted by atomic mass is 10.1. The first-order valence-electron chi connectivity index (χ1n) is 7.49. The first-order valence-corrected chi connectivity index (χ1v) is 8.47. The lowest BCUT2D eigenvalue weighted by molar-refractivity contribution is -0.122. The third-order valence-corrected chi connectivity index (χ3v) is 4.71. The summed E-state index contributed by atoms with van der Waals surface area (Å²) in [4.78, 5) is 29.7. The molecule has 126 valence electrons. The van der Waals surface area contributed by atoms with Gasteiger partial charge in [0.2, 0.25) is 5.91 Å². The lowest BCUT2D eigenvalue weighted by Crippen LogP contribution is -2.40. The number of nitrogens with one attached hydrogen (secondary N) is 1. The van der Waals surface area contributed by atoms with Gasteiger partial charge in [-0.15, -0.1) is 0 Å². The van der Waals surface area contributed by atoms with Gasteiger partial charge in [-0.3, -0.25) is 9.59 Å². The molecule has 0 aliphatic carbocycles. The molecule has 1 saturated heterocycles. The molecule has 2 amide bonds. The number of benzene rings is 1. The van der Waals surface area contributed by atoms with E-state index in [1.54, 1.807) is 42.2 Å². The number of hydrogen-bond acceptors (Lipinski definition) is 4. The molecule has 0 bridgehead atoms. The minimum Gasteiger partial charge on any atom is -0.340 e. The van der Waals surface area contributed by atoms with Crippen LogP contribution < -0.4 is 5.32 Å². The first kappa shape index (κ1) is 16.5. The molecule has 1 fully saturated rings. The summed E-state index contributed by atoms with van der Waals surface area (Å²) in [6.45, 7) is 0.505. The average molecular weight is 348 g/mol. The number of amides is 2. The number of rotatable bonds is 5. The molecule has 2 heterocycles. The Labute approximate surface area is 143 Å². The maximum Gasteiger partial charge on any atom is 0.282 e. The monoisotopic (exact) mass is 348 g/mol. The minimum atomic E-state index is -0.718. The van der Waals surface area contributed by atoms with Crippen molar-refractivity contribution in [2.24, 2.45) is 7.05 Å². The lowest BCUT2D eigenvalue weighted by Gasteiger charge is -2.21. The van der Waals surface area contributed by atoms with Crippen LogP contribution >= 0.6 is 11.8 Å². The van der Waals surface area contributed by atoms with Crippen LogP contribution in [0.4, 0.5) is 9.18 Å². The van der Waals surface area contributed by atoms with Crippen LogP contribution in [-0.2, 0) is 11.8 Å². The summed E-state index contributed by atoms with van der Waals surface area (Å²) in [5, 5.41) is 2.69. The van der Waals surface area contributed by atoms with Gasteiger partial charge in [0.05, 0.1) is 0 Å². The number of aromatic nitrogens is 2. The predicted molar refractivity (Wildman–Crippen MR) is 89.0 cm³/mol. The van der Waals surface area contributed by atoms with Crippen molar-refractivity contribution in [3.63, 3.8) is 0 Å². The van der Waals surface area contributed by atoms with Gasteiger partial charge in [-0.25, -0.2) is 9.37 Å². The Balaban J connectivity index is 1.83. The molecule has 3 rings (SSSR count). The largest absolute Gasteiger partial charge is 0.340 e. The van der Waals surface area contributed by atoms with Gasteiger partial charge in [-0.2, -0.15) is 0 Å². The normalized spacial score (nSPS) is 15.6. The van der Waals surface area contributed by atoms with Crippen molar-refractivity contribution in [1.29, 1.82) is 0 Å². The SMILES string of the molecule is Cn1ccnc1[C@@H](NC(=O)CN1CCSC1=O)c1ccccc1F. The highest BCUT2D eigenvalue weighted by molar-refractivity contribution is 8.13. The topological polar surface area (TPSA) is 67.2 Å². The standard InChI is InChI=1S/C16H17FN4O2S/c1-20-7-6-18-15(20)14(11-4-2-3-5-12(11)17)19-13(22)10-21-8-9-24-16(21)23/h2-7,14H,8-10H2,1H3,(H,19,22)/t14-/m0/s1. The maximum absolute atomic E-state index is 14.2. The predicted octanol–water partition coefficient (Wildman–Crippen LogP) is 1.93. The third kappa shape index (κ3) is 3.43. The highest BCUT2D eigenvalue weighted by Gasteiger charge is 2.27. The molecule has 1 atom stereocenters. The summed E-state index contributed by atoms with van der Waals surface area (Å²) in [5.74, 6) is 0.443. The van der Waals surface area contributed by atoms with E-state index in [1.807, 2.05) is 0 Å². The van der Waals surface area contributed by atoms with Crippen molar-refractivity contribution in [3.8, 4) is 0 Å². The molecule has 0 saturated carbocycles. The number of nitrogens with zero attached hydrogens (tertiary/aromatic N) is 3. The Bertz CT molecular complexity index is 764. The second-order valence-corrected chi connectivity index (χ2v) is 6.50. The number of aryl methyl sites for hydroxylation is 1. The van der Waals surface area contributed by atoms with Gasteiger partial charge in [0.1, 0.15) is 24.2 Å². The van der Waals surface area contributed by atoms with E-state index in [2.05, 4.69) is 10.3 Å². The van der Waals surface area contributed by atoms with Crippen LogP contribution in [0.5, 0.6) is 0 Å². The maximum atomic E-state index is 14.2. The summed E-state index contributed by atoms with van der Waals surface area (Å²) in [6, 6.07) is 5.55. The van der Waals surface area contributed by atoms with Crippen LogP contribution in [0.15, 0.2) is 36.7 Å². The molecule has 24 heavy (non-hydrogen) atoms. The third-order valence-electron chi connectivity index (χ3n) is 3.82. The molecule has 8 heteroatoms. The minimum absolute atomic E-state index is 0.0405. The van der Waals surface area contributed by atoms with Crippen molar-refractivity contribution in [2.45, 2.75) is 6.04 Å². The number of hydrogen-bond donors (Lipinski definition) is 1. The van der Waals surface area contributed by atoms with Crippen LogP contribution in [0, 0.1) is 5.82 Å². The van der Waals surface area contributed by atoms with Crippen LogP contribution in [0.1, 0.15) is 17.4 Å². The van der Waals surface area contributed by atoms with Crippen molar-refractivity contribution >= 4 is 22.9 Å². The fourth-order valence-corrected chi connectivity index (χ4v) is 3.42. The molecule has 2 aromatic rings. The number of carbonyl (C=O) groups excluding carboxylic acids is 2. The molecule has 0 unspecified atom stereocenters. The van der Waals surface area contributed by atoms with Gasteiger partial charge < -0.3 is 14.8 Å². The van der Waals surface area contributed by atoms with Crippen LogP contribution in [0.25, 0.3) is 0 Å². The average Bonchev–Trinajstić information content (AvgIpc) is 3.15. The van der Waals surface area contributed by atoms with E-state index < -0.39 is 11.9 Å². The van der Waals surface area contributed by atoms with E-state index in [0.717, 1.165) is 0 Å². The van der Waals surface area contributed by atoms with E-state index in [4.69, 9.17) is 0 Å². The van der Waals surface area contributed by atoms with Crippen molar-refractivity contribution in [3.05, 3.63) is 53.9 Å². The molecule has 1 aromatic carbocycles. The van der Waals surface area contributed by atoms with Crippen LogP contribution in [0.2, 0.25) is 0 Å². The zero-order valence-electron chi connectivity index (χ0n) is 13.1. The summed E-state index contributed by atoms with van der Waals surface area (Å²) in [7, 11) is 1.78. The van der Waals surface area contributed by atoms with Gasteiger partial charge in [-0.1, -0.05) is 30.0 Å². The van der Waals surface area contributed by atoms with Crippen molar-refractivity contribution in [2.75, 3.05) is 18.8 Å². The molecule has 1 N–H and O–H groups in total. The molecule has 1 aliphatic rings. The number of halogens is 1. The number of carbonyl (C=O) groups is 2. The van der Waals surface area contributed by atoms with E-state index in [9.17, 15) is 14.0 Å². The quantitative estimate of drug-likeness (QED) is 0.897. The van der Waals surface area contributed by atoms with Gasteiger partial charge >= 0.3 is 0 Å². The zero-order valence-corrected chi connectivity index (χ0v) is 13.9. The molecule has 0 spiro atoms. The summed E-state index contributed by atoms with van der Waals surface area (Å²) in [6.07, 6.45) is 3.33. The Hall–Kier alpha value is -2.35. The summed E-state index contributed by atoms with van der Waals surface area (Å²) in [5.41, 5.74) is 0.335. The molecule has 1 aliphatic heterocycles. The molecule has 6 nitrogen and oxygen atoms in total. The molecular formula is C16H17FN4O2S. The van der Waals surface area contributed by atoms with Crippen molar-refractivity contribution < 1.29 is 14.0 Å². The van der Waals surface area contributed by atoms with Crippen molar-refractivity contribution in [1.82, 2.24) is 19.8 Å². The molecule has 0 radical (unpaired) electrons. The van der Waals surface area contributed by atoms with Gasteiger partial charge in [-0.05, 0) is 6.07 Å². The second-order valence-electron chi connectivity index (χ2n) is 5.45. The van der Waals surface area contributed by atoms with E-state index >= 15 is 0 Å². The van der Waals surface area contributed by atoms with Gasteiger partial charge in [0.15, 0.2) is 0 Å². The van der Waals surface area contributed by atoms with E-state index in [0.29, 0.717) is 23.7 Å². The second kappa shape index (κ2) is 7.04. The number of imidazole rings is 1.